The largest absolute Gasteiger partial charge is 0.497 e. The number of hydrogen-bond acceptors (Lipinski definition) is 6. The number of pyridine rings is 1. The van der Waals surface area contributed by atoms with E-state index in [1.54, 1.807) is 7.11 Å². The molecule has 2 aliphatic rings. The molecule has 4 rings (SSSR count). The Morgan fingerprint density at radius 2 is 1.75 bits per heavy atom. The Kier molecular flexibility index (Phi) is 7.32. The molecule has 2 aliphatic heterocycles. The molecule has 2 saturated heterocycles. The lowest BCUT2D eigenvalue weighted by molar-refractivity contribution is 0.312. The lowest BCUT2D eigenvalue weighted by Gasteiger charge is -2.37. The van der Waals surface area contributed by atoms with E-state index in [0.717, 1.165) is 76.4 Å². The van der Waals surface area contributed by atoms with E-state index in [1.807, 2.05) is 25.4 Å². The molecule has 0 radical (unpaired) electrons. The zero-order valence-corrected chi connectivity index (χ0v) is 19.5. The van der Waals surface area contributed by atoms with Crippen molar-refractivity contribution in [1.29, 1.82) is 0 Å². The zero-order valence-electron chi connectivity index (χ0n) is 19.5. The first-order valence-electron chi connectivity index (χ1n) is 11.4. The van der Waals surface area contributed by atoms with Gasteiger partial charge in [0, 0.05) is 83.9 Å². The summed E-state index contributed by atoms with van der Waals surface area (Å²) in [4.78, 5) is 18.6. The summed E-state index contributed by atoms with van der Waals surface area (Å²) in [7, 11) is 5.73. The van der Waals surface area contributed by atoms with E-state index in [2.05, 4.69) is 61.2 Å². The maximum atomic E-state index is 5.37. The van der Waals surface area contributed by atoms with Gasteiger partial charge in [0.05, 0.1) is 7.11 Å². The molecule has 0 aliphatic carbocycles. The molecule has 172 valence electrons. The molecule has 8 heteroatoms. The predicted octanol–water partition coefficient (Wildman–Crippen LogP) is 1.74. The van der Waals surface area contributed by atoms with Crippen LogP contribution in [-0.2, 0) is 6.54 Å². The van der Waals surface area contributed by atoms with Crippen molar-refractivity contribution in [2.75, 3.05) is 83.4 Å². The van der Waals surface area contributed by atoms with Gasteiger partial charge >= 0.3 is 0 Å². The highest BCUT2D eigenvalue weighted by Crippen LogP contribution is 2.22. The number of guanidine groups is 1. The van der Waals surface area contributed by atoms with Crippen LogP contribution in [-0.4, -0.2) is 94.3 Å². The van der Waals surface area contributed by atoms with Gasteiger partial charge in [-0.15, -0.1) is 0 Å². The average Bonchev–Trinajstić information content (AvgIpc) is 2.86. The number of anilines is 2. The monoisotopic (exact) mass is 437 g/mol. The van der Waals surface area contributed by atoms with Crippen molar-refractivity contribution >= 4 is 17.5 Å². The van der Waals surface area contributed by atoms with Crippen molar-refractivity contribution < 1.29 is 4.74 Å². The summed E-state index contributed by atoms with van der Waals surface area (Å²) in [6, 6.07) is 12.6. The highest BCUT2D eigenvalue weighted by Gasteiger charge is 2.20. The van der Waals surface area contributed by atoms with Gasteiger partial charge in [-0.1, -0.05) is 12.1 Å². The molecule has 0 spiro atoms. The van der Waals surface area contributed by atoms with Gasteiger partial charge < -0.3 is 29.7 Å². The van der Waals surface area contributed by atoms with Gasteiger partial charge in [-0.3, -0.25) is 4.99 Å². The van der Waals surface area contributed by atoms with Crippen LogP contribution >= 0.6 is 0 Å². The second kappa shape index (κ2) is 10.5. The number of aromatic nitrogens is 1. The molecule has 8 nitrogen and oxygen atoms in total. The van der Waals surface area contributed by atoms with Crippen molar-refractivity contribution in [2.24, 2.45) is 4.99 Å². The summed E-state index contributed by atoms with van der Waals surface area (Å²) in [6.07, 6.45) is 1.98. The quantitative estimate of drug-likeness (QED) is 0.565. The fourth-order valence-electron chi connectivity index (χ4n) is 4.24. The van der Waals surface area contributed by atoms with Crippen LogP contribution in [0.25, 0.3) is 0 Å². The van der Waals surface area contributed by atoms with Crippen LogP contribution in [0.2, 0.25) is 0 Å². The van der Waals surface area contributed by atoms with Crippen LogP contribution in [0, 0.1) is 0 Å². The maximum absolute atomic E-state index is 5.37. The molecule has 3 heterocycles. The Morgan fingerprint density at radius 1 is 1.00 bits per heavy atom. The minimum atomic E-state index is 0.721. The molecule has 0 atom stereocenters. The average molecular weight is 438 g/mol. The Morgan fingerprint density at radius 3 is 2.41 bits per heavy atom. The first kappa shape index (κ1) is 22.2. The minimum absolute atomic E-state index is 0.721. The minimum Gasteiger partial charge on any atom is -0.497 e. The highest BCUT2D eigenvalue weighted by molar-refractivity contribution is 5.80. The van der Waals surface area contributed by atoms with Gasteiger partial charge in [-0.05, 0) is 30.8 Å². The second-order valence-electron chi connectivity index (χ2n) is 8.39. The van der Waals surface area contributed by atoms with E-state index >= 15 is 0 Å². The molecule has 1 aromatic carbocycles. The van der Waals surface area contributed by atoms with E-state index in [9.17, 15) is 0 Å². The molecule has 2 aromatic rings. The first-order valence-corrected chi connectivity index (χ1v) is 11.4. The molecule has 2 fully saturated rings. The molecule has 1 aromatic heterocycles. The summed E-state index contributed by atoms with van der Waals surface area (Å²) in [5, 5.41) is 3.51. The normalized spacial score (nSPS) is 18.1. The number of hydrogen-bond donors (Lipinski definition) is 1. The van der Waals surface area contributed by atoms with Gasteiger partial charge in [0.1, 0.15) is 11.6 Å². The molecule has 0 unspecified atom stereocenters. The van der Waals surface area contributed by atoms with Gasteiger partial charge in [-0.25, -0.2) is 4.98 Å². The van der Waals surface area contributed by atoms with Crippen molar-refractivity contribution in [3.05, 3.63) is 48.2 Å². The highest BCUT2D eigenvalue weighted by atomic mass is 16.5. The zero-order chi connectivity index (χ0) is 22.3. The van der Waals surface area contributed by atoms with Crippen LogP contribution in [0.3, 0.4) is 0 Å². The van der Waals surface area contributed by atoms with Crippen LogP contribution in [0.15, 0.2) is 47.6 Å². The first-order chi connectivity index (χ1) is 15.7. The van der Waals surface area contributed by atoms with E-state index < -0.39 is 0 Å². The molecule has 0 saturated carbocycles. The molecular formula is C24H35N7O. The SMILES string of the molecule is CN=C(NCc1ccc(N2CCN(C)CC2)nc1)N1CCN(c2cccc(OC)c2)CC1. The van der Waals surface area contributed by atoms with Gasteiger partial charge in [-0.2, -0.15) is 0 Å². The van der Waals surface area contributed by atoms with Crippen LogP contribution in [0.1, 0.15) is 5.56 Å². The molecular weight excluding hydrogens is 402 g/mol. The number of rotatable bonds is 5. The number of nitrogens with one attached hydrogen (secondary N) is 1. The standard InChI is InChI=1S/C24H35N7O/c1-25-24(31-15-13-29(14-16-31)21-5-4-6-22(17-21)32-3)27-19-20-7-8-23(26-18-20)30-11-9-28(2)10-12-30/h4-8,17-18H,9-16,19H2,1-3H3,(H,25,27). The Bertz CT molecular complexity index is 885. The molecule has 0 amide bonds. The van der Waals surface area contributed by atoms with E-state index in [4.69, 9.17) is 9.72 Å². The summed E-state index contributed by atoms with van der Waals surface area (Å²) >= 11 is 0. The summed E-state index contributed by atoms with van der Waals surface area (Å²) in [5.41, 5.74) is 2.37. The van der Waals surface area contributed by atoms with Crippen molar-refractivity contribution in [3.63, 3.8) is 0 Å². The number of nitrogens with zero attached hydrogens (tertiary/aromatic N) is 6. The van der Waals surface area contributed by atoms with Crippen LogP contribution in [0.4, 0.5) is 11.5 Å². The third-order valence-electron chi connectivity index (χ3n) is 6.30. The lowest BCUT2D eigenvalue weighted by Crippen LogP contribution is -2.52. The fourth-order valence-corrected chi connectivity index (χ4v) is 4.24. The van der Waals surface area contributed by atoms with Crippen LogP contribution < -0.4 is 19.9 Å². The number of ether oxygens (including phenoxy) is 1. The number of methoxy groups -OCH3 is 1. The number of benzene rings is 1. The van der Waals surface area contributed by atoms with Gasteiger partial charge in [0.2, 0.25) is 0 Å². The summed E-state index contributed by atoms with van der Waals surface area (Å²) < 4.78 is 5.37. The maximum Gasteiger partial charge on any atom is 0.194 e. The van der Waals surface area contributed by atoms with Crippen molar-refractivity contribution in [2.45, 2.75) is 6.54 Å². The topological polar surface area (TPSA) is 59.5 Å². The fraction of sp³-hybridized carbons (Fsp3) is 0.500. The Labute approximate surface area is 191 Å². The van der Waals surface area contributed by atoms with Crippen molar-refractivity contribution in [3.8, 4) is 5.75 Å². The summed E-state index contributed by atoms with van der Waals surface area (Å²) in [6.45, 7) is 8.74. The number of aliphatic imine (C=N–C) groups is 1. The van der Waals surface area contributed by atoms with E-state index in [0.29, 0.717) is 0 Å². The molecule has 1 N–H and O–H groups in total. The Balaban J connectivity index is 1.27. The predicted molar refractivity (Wildman–Crippen MR) is 131 cm³/mol. The third kappa shape index (κ3) is 5.43. The Hall–Kier alpha value is -3.00. The van der Waals surface area contributed by atoms with Crippen molar-refractivity contribution in [1.82, 2.24) is 20.1 Å². The number of likely N-dealkylation sites (N-methyl/N-ethyl adjacent to an activating group) is 1. The number of piperazine rings is 2. The third-order valence-corrected chi connectivity index (χ3v) is 6.30. The van der Waals surface area contributed by atoms with E-state index in [-0.39, 0.29) is 0 Å². The molecule has 32 heavy (non-hydrogen) atoms. The smallest absolute Gasteiger partial charge is 0.194 e. The van der Waals surface area contributed by atoms with Gasteiger partial charge in [0.15, 0.2) is 5.96 Å². The second-order valence-corrected chi connectivity index (χ2v) is 8.39. The van der Waals surface area contributed by atoms with Crippen LogP contribution in [0.5, 0.6) is 5.75 Å². The summed E-state index contributed by atoms with van der Waals surface area (Å²) in [5.74, 6) is 2.91. The van der Waals surface area contributed by atoms with E-state index in [1.165, 1.54) is 11.3 Å². The molecule has 0 bridgehead atoms. The lowest BCUT2D eigenvalue weighted by atomic mass is 10.2. The van der Waals surface area contributed by atoms with Gasteiger partial charge in [0.25, 0.3) is 0 Å².